The van der Waals surface area contributed by atoms with Crippen LogP contribution in [0.15, 0.2) is 10.3 Å². The number of nitrogens with two attached hydrogens (primary N) is 1. The largest absolute Gasteiger partial charge is 0.302 e. The topological polar surface area (TPSA) is 29.3 Å². The van der Waals surface area contributed by atoms with E-state index in [1.165, 1.54) is 39.6 Å². The lowest BCUT2D eigenvalue weighted by molar-refractivity contribution is 0.315. The molecule has 0 amide bonds. The van der Waals surface area contributed by atoms with Gasteiger partial charge in [0.1, 0.15) is 0 Å². The van der Waals surface area contributed by atoms with Crippen LogP contribution in [0.4, 0.5) is 0 Å². The number of rotatable bonds is 1. The average Bonchev–Trinajstić information content (AvgIpc) is 2.46. The van der Waals surface area contributed by atoms with Crippen molar-refractivity contribution >= 4 is 23.3 Å². The van der Waals surface area contributed by atoms with Gasteiger partial charge in [0.2, 0.25) is 0 Å². The highest BCUT2D eigenvalue weighted by molar-refractivity contribution is 7.99. The van der Waals surface area contributed by atoms with Gasteiger partial charge in [-0.3, -0.25) is 5.14 Å². The van der Waals surface area contributed by atoms with Crippen LogP contribution >= 0.6 is 23.3 Å². The second kappa shape index (κ2) is 3.38. The Morgan fingerprint density at radius 1 is 1.67 bits per heavy atom. The molecule has 0 saturated carbocycles. The highest BCUT2D eigenvalue weighted by Gasteiger charge is 2.15. The van der Waals surface area contributed by atoms with E-state index in [0.29, 0.717) is 0 Å². The molecule has 0 radical (unpaired) electrons. The Kier molecular flexibility index (Phi) is 2.41. The van der Waals surface area contributed by atoms with Gasteiger partial charge >= 0.3 is 0 Å². The molecule has 2 N–H and O–H groups in total. The molecule has 0 bridgehead atoms. The molecular weight excluding hydrogens is 188 g/mol. The number of nitrogens with zero attached hydrogens (tertiary/aromatic N) is 1. The molecule has 2 nitrogen and oxygen atoms in total. The van der Waals surface area contributed by atoms with Crippen LogP contribution in [-0.4, -0.2) is 18.5 Å². The third-order valence-electron chi connectivity index (χ3n) is 2.15. The molecule has 0 aromatic carbocycles. The van der Waals surface area contributed by atoms with Gasteiger partial charge in [0.15, 0.2) is 0 Å². The predicted octanol–water partition coefficient (Wildman–Crippen LogP) is 1.70. The maximum Gasteiger partial charge on any atom is 0.0755 e. The molecule has 4 heteroatoms. The monoisotopic (exact) mass is 200 g/mol. The third-order valence-corrected chi connectivity index (χ3v) is 4.07. The molecule has 1 aliphatic heterocycles. The summed E-state index contributed by atoms with van der Waals surface area (Å²) in [5.74, 6) is 0. The zero-order valence-electron chi connectivity index (χ0n) is 7.04. The summed E-state index contributed by atoms with van der Waals surface area (Å²) >= 11 is 3.21. The van der Waals surface area contributed by atoms with Gasteiger partial charge in [-0.2, -0.15) is 0 Å². The molecule has 0 fully saturated rings. The van der Waals surface area contributed by atoms with Crippen LogP contribution in [-0.2, 0) is 13.0 Å². The average molecular weight is 200 g/mol. The minimum absolute atomic E-state index is 1.09. The number of hydrogen-bond donors (Lipinski definition) is 1. The normalized spacial score (nSPS) is 17.8. The molecule has 2 heterocycles. The summed E-state index contributed by atoms with van der Waals surface area (Å²) in [4.78, 5) is 3.88. The molecule has 12 heavy (non-hydrogen) atoms. The fourth-order valence-corrected chi connectivity index (χ4v) is 3.10. The summed E-state index contributed by atoms with van der Waals surface area (Å²) in [6.07, 6.45) is 1.19. The van der Waals surface area contributed by atoms with E-state index in [1.54, 1.807) is 0 Å². The van der Waals surface area contributed by atoms with E-state index in [2.05, 4.69) is 18.0 Å². The molecule has 0 saturated heterocycles. The molecule has 0 atom stereocenters. The first-order valence-corrected chi connectivity index (χ1v) is 5.66. The van der Waals surface area contributed by atoms with E-state index in [-0.39, 0.29) is 0 Å². The maximum atomic E-state index is 5.51. The Morgan fingerprint density at radius 3 is 3.25 bits per heavy atom. The summed E-state index contributed by atoms with van der Waals surface area (Å²) in [5, 5.41) is 5.51. The molecule has 2 rings (SSSR count). The Bertz CT molecular complexity index is 283. The van der Waals surface area contributed by atoms with Gasteiger partial charge in [0.25, 0.3) is 0 Å². The molecule has 0 spiro atoms. The van der Waals surface area contributed by atoms with Crippen molar-refractivity contribution in [2.75, 3.05) is 13.6 Å². The van der Waals surface area contributed by atoms with Crippen molar-refractivity contribution in [1.82, 2.24) is 4.90 Å². The van der Waals surface area contributed by atoms with E-state index in [0.717, 1.165) is 6.54 Å². The second-order valence-corrected chi connectivity index (χ2v) is 5.19. The molecule has 1 aliphatic rings. The summed E-state index contributed by atoms with van der Waals surface area (Å²) in [5.41, 5.74) is 1.47. The van der Waals surface area contributed by atoms with Crippen molar-refractivity contribution in [3.8, 4) is 0 Å². The van der Waals surface area contributed by atoms with Crippen LogP contribution in [0.2, 0.25) is 0 Å². The fourth-order valence-electron chi connectivity index (χ4n) is 1.50. The van der Waals surface area contributed by atoms with Gasteiger partial charge in [0.05, 0.1) is 4.21 Å². The standard InChI is InChI=1S/C8H12N2S2/c1-10-3-2-7-6(5-10)4-8(11-7)12-9/h4H,2-3,5,9H2,1H3. The molecule has 1 aromatic heterocycles. The van der Waals surface area contributed by atoms with E-state index in [9.17, 15) is 0 Å². The number of hydrogen-bond acceptors (Lipinski definition) is 4. The zero-order chi connectivity index (χ0) is 8.55. The second-order valence-electron chi connectivity index (χ2n) is 3.12. The first-order chi connectivity index (χ1) is 5.79. The van der Waals surface area contributed by atoms with Gasteiger partial charge < -0.3 is 4.90 Å². The minimum atomic E-state index is 1.09. The Hall–Kier alpha value is -0.0300. The van der Waals surface area contributed by atoms with E-state index in [4.69, 9.17) is 5.14 Å². The van der Waals surface area contributed by atoms with Crippen LogP contribution in [0.25, 0.3) is 0 Å². The Balaban J connectivity index is 2.28. The molecular formula is C8H12N2S2. The van der Waals surface area contributed by atoms with Crippen molar-refractivity contribution in [2.24, 2.45) is 5.14 Å². The van der Waals surface area contributed by atoms with Crippen LogP contribution in [0.5, 0.6) is 0 Å². The van der Waals surface area contributed by atoms with Crippen LogP contribution < -0.4 is 5.14 Å². The highest BCUT2D eigenvalue weighted by atomic mass is 32.2. The number of fused-ring (bicyclic) bond motifs is 1. The Morgan fingerprint density at radius 2 is 2.50 bits per heavy atom. The van der Waals surface area contributed by atoms with Gasteiger partial charge in [-0.15, -0.1) is 11.3 Å². The summed E-state index contributed by atoms with van der Waals surface area (Å²) in [7, 11) is 2.16. The van der Waals surface area contributed by atoms with Crippen LogP contribution in [0, 0.1) is 0 Å². The summed E-state index contributed by atoms with van der Waals surface area (Å²) in [6, 6.07) is 2.22. The van der Waals surface area contributed by atoms with Crippen molar-refractivity contribution in [3.05, 3.63) is 16.5 Å². The predicted molar refractivity (Wildman–Crippen MR) is 54.4 cm³/mol. The van der Waals surface area contributed by atoms with Gasteiger partial charge in [0, 0.05) is 18.0 Å². The SMILES string of the molecule is CN1CCc2sc(SN)cc2C1. The summed E-state index contributed by atoms with van der Waals surface area (Å²) in [6.45, 7) is 2.27. The van der Waals surface area contributed by atoms with E-state index >= 15 is 0 Å². The van der Waals surface area contributed by atoms with Crippen LogP contribution in [0.3, 0.4) is 0 Å². The van der Waals surface area contributed by atoms with E-state index in [1.807, 2.05) is 11.3 Å². The summed E-state index contributed by atoms with van der Waals surface area (Å²) < 4.78 is 1.25. The maximum absolute atomic E-state index is 5.51. The lowest BCUT2D eigenvalue weighted by atomic mass is 10.1. The van der Waals surface area contributed by atoms with Crippen LogP contribution in [0.1, 0.15) is 10.4 Å². The number of thiophene rings is 1. The highest BCUT2D eigenvalue weighted by Crippen LogP contribution is 2.31. The first kappa shape index (κ1) is 8.56. The van der Waals surface area contributed by atoms with Crippen molar-refractivity contribution in [3.63, 3.8) is 0 Å². The third kappa shape index (κ3) is 1.52. The van der Waals surface area contributed by atoms with E-state index < -0.39 is 0 Å². The van der Waals surface area contributed by atoms with Gasteiger partial charge in [-0.25, -0.2) is 0 Å². The quantitative estimate of drug-likeness (QED) is 0.700. The lowest BCUT2D eigenvalue weighted by Gasteiger charge is -2.21. The van der Waals surface area contributed by atoms with Crippen molar-refractivity contribution in [2.45, 2.75) is 17.2 Å². The first-order valence-electron chi connectivity index (χ1n) is 3.96. The van der Waals surface area contributed by atoms with Gasteiger partial charge in [-0.1, -0.05) is 0 Å². The minimum Gasteiger partial charge on any atom is -0.302 e. The number of likely N-dealkylation sites (N-methyl/N-ethyl adjacent to an activating group) is 1. The fraction of sp³-hybridized carbons (Fsp3) is 0.500. The molecule has 1 aromatic rings. The molecule has 66 valence electrons. The molecule has 0 aliphatic carbocycles. The van der Waals surface area contributed by atoms with Gasteiger partial charge in [-0.05, 0) is 37.0 Å². The Labute approximate surface area is 80.9 Å². The molecule has 0 unspecified atom stereocenters. The smallest absolute Gasteiger partial charge is 0.0755 e. The van der Waals surface area contributed by atoms with Crippen molar-refractivity contribution in [1.29, 1.82) is 0 Å². The van der Waals surface area contributed by atoms with Crippen molar-refractivity contribution < 1.29 is 0 Å². The lowest BCUT2D eigenvalue weighted by Crippen LogP contribution is -2.25. The zero-order valence-corrected chi connectivity index (χ0v) is 8.67.